The van der Waals surface area contributed by atoms with Crippen molar-refractivity contribution in [2.75, 3.05) is 20.1 Å². The molecule has 1 aliphatic heterocycles. The topological polar surface area (TPSA) is 50.1 Å². The van der Waals surface area contributed by atoms with Crippen LogP contribution < -0.4 is 10.6 Å². The largest absolute Gasteiger partial charge is 0.443 e. The van der Waals surface area contributed by atoms with E-state index < -0.39 is 0 Å². The second-order valence-electron chi connectivity index (χ2n) is 4.95. The summed E-state index contributed by atoms with van der Waals surface area (Å²) in [4.78, 5) is 4.16. The van der Waals surface area contributed by atoms with Gasteiger partial charge in [-0.1, -0.05) is 6.07 Å². The van der Waals surface area contributed by atoms with Gasteiger partial charge in [0.1, 0.15) is 5.52 Å². The van der Waals surface area contributed by atoms with Crippen molar-refractivity contribution < 1.29 is 4.42 Å². The molecule has 0 bridgehead atoms. The molecule has 2 N–H and O–H groups in total. The molecule has 18 heavy (non-hydrogen) atoms. The van der Waals surface area contributed by atoms with Crippen molar-refractivity contribution in [2.45, 2.75) is 18.9 Å². The minimum Gasteiger partial charge on any atom is -0.443 e. The van der Waals surface area contributed by atoms with Crippen LogP contribution in [0.4, 0.5) is 0 Å². The lowest BCUT2D eigenvalue weighted by molar-refractivity contribution is 0.298. The van der Waals surface area contributed by atoms with Crippen LogP contribution in [0.25, 0.3) is 11.1 Å². The summed E-state index contributed by atoms with van der Waals surface area (Å²) in [6.45, 7) is 2.23. The van der Waals surface area contributed by atoms with E-state index in [4.69, 9.17) is 4.42 Å². The molecule has 2 atom stereocenters. The van der Waals surface area contributed by atoms with Crippen molar-refractivity contribution in [3.05, 3.63) is 30.2 Å². The van der Waals surface area contributed by atoms with Crippen LogP contribution in [0.1, 0.15) is 24.4 Å². The molecule has 0 amide bonds. The van der Waals surface area contributed by atoms with E-state index in [0.717, 1.165) is 24.2 Å². The molecular weight excluding hydrogens is 226 g/mol. The van der Waals surface area contributed by atoms with E-state index in [-0.39, 0.29) is 0 Å². The molecule has 1 saturated heterocycles. The summed E-state index contributed by atoms with van der Waals surface area (Å²) in [6.07, 6.45) is 4.03. The lowest BCUT2D eigenvalue weighted by atomic mass is 9.87. The Labute approximate surface area is 107 Å². The third kappa shape index (κ3) is 2.13. The van der Waals surface area contributed by atoms with E-state index in [2.05, 4.69) is 27.8 Å². The molecule has 2 unspecified atom stereocenters. The summed E-state index contributed by atoms with van der Waals surface area (Å²) < 4.78 is 5.39. The van der Waals surface area contributed by atoms with Crippen molar-refractivity contribution in [3.63, 3.8) is 0 Å². The molecule has 4 heteroatoms. The first kappa shape index (κ1) is 11.7. The molecule has 1 aliphatic rings. The second-order valence-corrected chi connectivity index (χ2v) is 4.95. The van der Waals surface area contributed by atoms with Gasteiger partial charge in [0.05, 0.1) is 0 Å². The Morgan fingerprint density at radius 3 is 3.22 bits per heavy atom. The van der Waals surface area contributed by atoms with E-state index in [1.165, 1.54) is 24.8 Å². The van der Waals surface area contributed by atoms with E-state index >= 15 is 0 Å². The lowest BCUT2D eigenvalue weighted by Gasteiger charge is -2.30. The zero-order chi connectivity index (χ0) is 12.4. The number of aromatic nitrogens is 1. The van der Waals surface area contributed by atoms with Crippen LogP contribution in [-0.2, 0) is 0 Å². The van der Waals surface area contributed by atoms with Crippen molar-refractivity contribution in [1.82, 2.24) is 15.6 Å². The Hall–Kier alpha value is -1.39. The fourth-order valence-corrected chi connectivity index (χ4v) is 2.90. The van der Waals surface area contributed by atoms with Gasteiger partial charge in [0, 0.05) is 6.04 Å². The monoisotopic (exact) mass is 245 g/mol. The zero-order valence-electron chi connectivity index (χ0n) is 10.6. The zero-order valence-corrected chi connectivity index (χ0v) is 10.6. The third-order valence-electron chi connectivity index (χ3n) is 3.83. The van der Waals surface area contributed by atoms with E-state index in [1.807, 2.05) is 13.1 Å². The molecule has 2 heterocycles. The van der Waals surface area contributed by atoms with E-state index in [9.17, 15) is 0 Å². The van der Waals surface area contributed by atoms with Gasteiger partial charge in [0.25, 0.3) is 0 Å². The summed E-state index contributed by atoms with van der Waals surface area (Å²) in [5.74, 6) is 0.643. The van der Waals surface area contributed by atoms with E-state index in [1.54, 1.807) is 0 Å². The number of piperidine rings is 1. The molecule has 0 spiro atoms. The summed E-state index contributed by atoms with van der Waals surface area (Å²) in [5, 5.41) is 6.92. The van der Waals surface area contributed by atoms with Gasteiger partial charge < -0.3 is 15.1 Å². The maximum Gasteiger partial charge on any atom is 0.181 e. The Bertz CT molecular complexity index is 516. The van der Waals surface area contributed by atoms with Crippen molar-refractivity contribution in [1.29, 1.82) is 0 Å². The van der Waals surface area contributed by atoms with Crippen molar-refractivity contribution >= 4 is 11.1 Å². The number of fused-ring (bicyclic) bond motifs is 1. The van der Waals surface area contributed by atoms with Gasteiger partial charge in [-0.3, -0.25) is 0 Å². The second kappa shape index (κ2) is 5.08. The molecule has 3 rings (SSSR count). The predicted molar refractivity (Wildman–Crippen MR) is 71.4 cm³/mol. The first-order chi connectivity index (χ1) is 8.88. The molecule has 0 aliphatic carbocycles. The van der Waals surface area contributed by atoms with Crippen molar-refractivity contribution in [2.24, 2.45) is 5.92 Å². The molecular formula is C14H19N3O. The minimum absolute atomic E-state index is 0.382. The minimum atomic E-state index is 0.382. The smallest absolute Gasteiger partial charge is 0.181 e. The molecule has 1 aromatic heterocycles. The van der Waals surface area contributed by atoms with Crippen LogP contribution in [0.3, 0.4) is 0 Å². The summed E-state index contributed by atoms with van der Waals surface area (Å²) in [5.41, 5.74) is 3.09. The van der Waals surface area contributed by atoms with Crippen molar-refractivity contribution in [3.8, 4) is 0 Å². The normalized spacial score (nSPS) is 22.2. The summed E-state index contributed by atoms with van der Waals surface area (Å²) in [6, 6.07) is 6.68. The molecule has 4 nitrogen and oxygen atoms in total. The van der Waals surface area contributed by atoms with Gasteiger partial charge in [0.15, 0.2) is 12.0 Å². The standard InChI is InChI=1S/C14H19N3O/c1-15-14(11-3-2-6-16-8-11)10-4-5-12-13(7-10)18-9-17-12/h4-5,7,9,11,14-16H,2-3,6,8H2,1H3. The van der Waals surface area contributed by atoms with Crippen LogP contribution in [-0.4, -0.2) is 25.1 Å². The number of nitrogens with one attached hydrogen (secondary N) is 2. The average molecular weight is 245 g/mol. The molecule has 0 radical (unpaired) electrons. The number of rotatable bonds is 3. The lowest BCUT2D eigenvalue weighted by Crippen LogP contribution is -2.37. The van der Waals surface area contributed by atoms with Crippen LogP contribution >= 0.6 is 0 Å². The summed E-state index contributed by atoms with van der Waals surface area (Å²) in [7, 11) is 2.03. The molecule has 0 saturated carbocycles. The molecule has 96 valence electrons. The van der Waals surface area contributed by atoms with Gasteiger partial charge in [0.2, 0.25) is 0 Å². The third-order valence-corrected chi connectivity index (χ3v) is 3.83. The Morgan fingerprint density at radius 1 is 1.50 bits per heavy atom. The van der Waals surface area contributed by atoms with Gasteiger partial charge >= 0.3 is 0 Å². The highest BCUT2D eigenvalue weighted by Crippen LogP contribution is 2.28. The number of benzene rings is 1. The highest BCUT2D eigenvalue weighted by molar-refractivity contribution is 5.72. The van der Waals surface area contributed by atoms with Gasteiger partial charge in [-0.2, -0.15) is 0 Å². The molecule has 2 aromatic rings. The quantitative estimate of drug-likeness (QED) is 0.869. The average Bonchev–Trinajstić information content (AvgIpc) is 2.88. The SMILES string of the molecule is CNC(c1ccc2ncoc2c1)C1CCCNC1. The maximum atomic E-state index is 5.39. The van der Waals surface area contributed by atoms with Gasteiger partial charge in [-0.15, -0.1) is 0 Å². The van der Waals surface area contributed by atoms with Gasteiger partial charge in [-0.25, -0.2) is 4.98 Å². The highest BCUT2D eigenvalue weighted by atomic mass is 16.3. The fraction of sp³-hybridized carbons (Fsp3) is 0.500. The number of hydrogen-bond donors (Lipinski definition) is 2. The van der Waals surface area contributed by atoms with Crippen LogP contribution in [0, 0.1) is 5.92 Å². The van der Waals surface area contributed by atoms with Crippen LogP contribution in [0.2, 0.25) is 0 Å². The van der Waals surface area contributed by atoms with Gasteiger partial charge in [-0.05, 0) is 56.6 Å². The number of oxazole rings is 1. The Kier molecular flexibility index (Phi) is 3.30. The highest BCUT2D eigenvalue weighted by Gasteiger charge is 2.23. The van der Waals surface area contributed by atoms with Crippen LogP contribution in [0.15, 0.2) is 29.0 Å². The first-order valence-corrected chi connectivity index (χ1v) is 6.59. The Balaban J connectivity index is 1.89. The Morgan fingerprint density at radius 2 is 2.44 bits per heavy atom. The summed E-state index contributed by atoms with van der Waals surface area (Å²) >= 11 is 0. The maximum absolute atomic E-state index is 5.39. The van der Waals surface area contributed by atoms with E-state index in [0.29, 0.717) is 12.0 Å². The molecule has 1 aromatic carbocycles. The molecule has 1 fully saturated rings. The number of nitrogens with zero attached hydrogens (tertiary/aromatic N) is 1. The number of hydrogen-bond acceptors (Lipinski definition) is 4. The first-order valence-electron chi connectivity index (χ1n) is 6.59. The van der Waals surface area contributed by atoms with Crippen LogP contribution in [0.5, 0.6) is 0 Å². The predicted octanol–water partition coefficient (Wildman–Crippen LogP) is 2.09. The fourth-order valence-electron chi connectivity index (χ4n) is 2.90.